The van der Waals surface area contributed by atoms with Crippen LogP contribution in [0, 0.1) is 5.82 Å². The van der Waals surface area contributed by atoms with Gasteiger partial charge in [-0.1, -0.05) is 6.07 Å². The maximum absolute atomic E-state index is 13.5. The summed E-state index contributed by atoms with van der Waals surface area (Å²) in [6.45, 7) is 4.98. The van der Waals surface area contributed by atoms with Crippen molar-refractivity contribution in [3.8, 4) is 5.75 Å². The van der Waals surface area contributed by atoms with Crippen LogP contribution in [0.5, 0.6) is 5.75 Å². The van der Waals surface area contributed by atoms with Gasteiger partial charge in [0.1, 0.15) is 11.6 Å². The van der Waals surface area contributed by atoms with Crippen molar-refractivity contribution < 1.29 is 13.9 Å². The SMILES string of the molecule is CCOc1cc(F)ccc1NC(=O)c1ccc([C@@H]2CCCN(Cc3ccccn3)C2)nc1. The van der Waals surface area contributed by atoms with Gasteiger partial charge in [0, 0.05) is 43.2 Å². The van der Waals surface area contributed by atoms with Crippen molar-refractivity contribution in [2.45, 2.75) is 32.2 Å². The molecular weight excluding hydrogens is 407 g/mol. The summed E-state index contributed by atoms with van der Waals surface area (Å²) in [4.78, 5) is 24.1. The Bertz CT molecular complexity index is 1040. The molecule has 3 aromatic rings. The maximum Gasteiger partial charge on any atom is 0.257 e. The monoisotopic (exact) mass is 434 g/mol. The number of carbonyl (C=O) groups is 1. The minimum atomic E-state index is -0.415. The number of ether oxygens (including phenoxy) is 1. The predicted molar refractivity (Wildman–Crippen MR) is 121 cm³/mol. The second kappa shape index (κ2) is 10.3. The Hall–Kier alpha value is -3.32. The molecular formula is C25H27FN4O2. The van der Waals surface area contributed by atoms with Gasteiger partial charge >= 0.3 is 0 Å². The molecule has 1 aromatic carbocycles. The highest BCUT2D eigenvalue weighted by Gasteiger charge is 2.23. The van der Waals surface area contributed by atoms with Crippen LogP contribution in [-0.2, 0) is 6.54 Å². The number of hydrogen-bond donors (Lipinski definition) is 1. The molecule has 1 aliphatic heterocycles. The van der Waals surface area contributed by atoms with Gasteiger partial charge in [-0.3, -0.25) is 19.7 Å². The van der Waals surface area contributed by atoms with Crippen LogP contribution in [-0.4, -0.2) is 40.5 Å². The highest BCUT2D eigenvalue weighted by Crippen LogP contribution is 2.28. The molecule has 6 nitrogen and oxygen atoms in total. The van der Waals surface area contributed by atoms with Crippen molar-refractivity contribution in [2.24, 2.45) is 0 Å². The van der Waals surface area contributed by atoms with E-state index < -0.39 is 5.82 Å². The minimum absolute atomic E-state index is 0.306. The molecule has 0 bridgehead atoms. The molecule has 7 heteroatoms. The minimum Gasteiger partial charge on any atom is -0.492 e. The van der Waals surface area contributed by atoms with E-state index in [1.165, 1.54) is 18.2 Å². The number of piperidine rings is 1. The summed E-state index contributed by atoms with van der Waals surface area (Å²) in [5, 5.41) is 2.79. The van der Waals surface area contributed by atoms with Gasteiger partial charge in [0.2, 0.25) is 0 Å². The van der Waals surface area contributed by atoms with E-state index >= 15 is 0 Å². The number of amides is 1. The van der Waals surface area contributed by atoms with Crippen molar-refractivity contribution in [1.82, 2.24) is 14.9 Å². The van der Waals surface area contributed by atoms with Gasteiger partial charge < -0.3 is 10.1 Å². The molecule has 1 N–H and O–H groups in total. The number of likely N-dealkylation sites (tertiary alicyclic amines) is 1. The second-order valence-electron chi connectivity index (χ2n) is 7.89. The molecule has 0 unspecified atom stereocenters. The Morgan fingerprint density at radius 1 is 1.22 bits per heavy atom. The summed E-state index contributed by atoms with van der Waals surface area (Å²) in [6.07, 6.45) is 5.61. The highest BCUT2D eigenvalue weighted by atomic mass is 19.1. The first kappa shape index (κ1) is 21.9. The first-order chi connectivity index (χ1) is 15.6. The fraction of sp³-hybridized carbons (Fsp3) is 0.320. The summed E-state index contributed by atoms with van der Waals surface area (Å²) in [6, 6.07) is 13.8. The first-order valence-corrected chi connectivity index (χ1v) is 10.9. The standard InChI is InChI=1S/C25H27FN4O2/c1-2-32-24-14-20(26)9-11-23(24)29-25(31)18-8-10-22(28-15-18)19-6-5-13-30(16-19)17-21-7-3-4-12-27-21/h3-4,7-12,14-15,19H,2,5-6,13,16-17H2,1H3,(H,29,31)/t19-/m1/s1. The predicted octanol–water partition coefficient (Wildman–Crippen LogP) is 4.65. The average Bonchev–Trinajstić information content (AvgIpc) is 2.82. The lowest BCUT2D eigenvalue weighted by molar-refractivity contribution is 0.102. The zero-order valence-electron chi connectivity index (χ0n) is 18.1. The van der Waals surface area contributed by atoms with Gasteiger partial charge in [-0.15, -0.1) is 0 Å². The molecule has 166 valence electrons. The van der Waals surface area contributed by atoms with Crippen LogP contribution in [0.3, 0.4) is 0 Å². The molecule has 32 heavy (non-hydrogen) atoms. The number of pyridine rings is 2. The lowest BCUT2D eigenvalue weighted by atomic mass is 9.94. The van der Waals surface area contributed by atoms with Crippen molar-refractivity contribution >= 4 is 11.6 Å². The van der Waals surface area contributed by atoms with Crippen LogP contribution in [0.15, 0.2) is 60.9 Å². The summed E-state index contributed by atoms with van der Waals surface area (Å²) in [5.74, 6) is -0.0917. The molecule has 0 aliphatic carbocycles. The molecule has 1 amide bonds. The Balaban J connectivity index is 1.40. The Kier molecular flexibility index (Phi) is 7.07. The zero-order valence-corrected chi connectivity index (χ0v) is 18.1. The van der Waals surface area contributed by atoms with Crippen molar-refractivity contribution in [2.75, 3.05) is 25.0 Å². The van der Waals surface area contributed by atoms with Gasteiger partial charge in [0.15, 0.2) is 0 Å². The van der Waals surface area contributed by atoms with Crippen LogP contribution in [0.1, 0.15) is 47.4 Å². The number of halogens is 1. The normalized spacial score (nSPS) is 16.5. The van der Waals surface area contributed by atoms with Crippen LogP contribution < -0.4 is 10.1 Å². The summed E-state index contributed by atoms with van der Waals surface area (Å²) in [5.41, 5.74) is 2.94. The number of aromatic nitrogens is 2. The Morgan fingerprint density at radius 2 is 2.12 bits per heavy atom. The number of hydrogen-bond acceptors (Lipinski definition) is 5. The number of benzene rings is 1. The van der Waals surface area contributed by atoms with E-state index in [1.54, 1.807) is 12.3 Å². The van der Waals surface area contributed by atoms with E-state index in [0.717, 1.165) is 43.9 Å². The lowest BCUT2D eigenvalue weighted by Gasteiger charge is -2.32. The molecule has 4 rings (SSSR count). The van der Waals surface area contributed by atoms with E-state index in [1.807, 2.05) is 37.4 Å². The smallest absolute Gasteiger partial charge is 0.257 e. The topological polar surface area (TPSA) is 67.3 Å². The number of nitrogens with one attached hydrogen (secondary N) is 1. The molecule has 1 fully saturated rings. The highest BCUT2D eigenvalue weighted by molar-refractivity contribution is 6.04. The van der Waals surface area contributed by atoms with E-state index in [-0.39, 0.29) is 5.91 Å². The number of carbonyl (C=O) groups excluding carboxylic acids is 1. The van der Waals surface area contributed by atoms with E-state index in [2.05, 4.69) is 20.2 Å². The van der Waals surface area contributed by atoms with Gasteiger partial charge in [0.05, 0.1) is 23.6 Å². The number of rotatable bonds is 7. The zero-order chi connectivity index (χ0) is 22.3. The fourth-order valence-electron chi connectivity index (χ4n) is 4.01. The van der Waals surface area contributed by atoms with E-state index in [9.17, 15) is 9.18 Å². The molecule has 1 atom stereocenters. The van der Waals surface area contributed by atoms with Crippen molar-refractivity contribution in [3.05, 3.63) is 83.7 Å². The van der Waals surface area contributed by atoms with Crippen molar-refractivity contribution in [1.29, 1.82) is 0 Å². The van der Waals surface area contributed by atoms with E-state index in [0.29, 0.717) is 29.5 Å². The van der Waals surface area contributed by atoms with Gasteiger partial charge in [-0.25, -0.2) is 4.39 Å². The molecule has 1 aliphatic rings. The third kappa shape index (κ3) is 5.48. The fourth-order valence-corrected chi connectivity index (χ4v) is 4.01. The van der Waals surface area contributed by atoms with E-state index in [4.69, 9.17) is 4.74 Å². The second-order valence-corrected chi connectivity index (χ2v) is 7.89. The van der Waals surface area contributed by atoms with Crippen LogP contribution in [0.25, 0.3) is 0 Å². The summed E-state index contributed by atoms with van der Waals surface area (Å²) >= 11 is 0. The molecule has 0 radical (unpaired) electrons. The quantitative estimate of drug-likeness (QED) is 0.587. The van der Waals surface area contributed by atoms with Gasteiger partial charge in [0.25, 0.3) is 5.91 Å². The molecule has 0 spiro atoms. The number of anilines is 1. The third-order valence-corrected chi connectivity index (χ3v) is 5.58. The third-order valence-electron chi connectivity index (χ3n) is 5.58. The average molecular weight is 435 g/mol. The molecule has 2 aromatic heterocycles. The first-order valence-electron chi connectivity index (χ1n) is 10.9. The maximum atomic E-state index is 13.5. The van der Waals surface area contributed by atoms with Crippen LogP contribution in [0.4, 0.5) is 10.1 Å². The molecule has 0 saturated carbocycles. The largest absolute Gasteiger partial charge is 0.492 e. The molecule has 3 heterocycles. The van der Waals surface area contributed by atoms with Crippen molar-refractivity contribution in [3.63, 3.8) is 0 Å². The summed E-state index contributed by atoms with van der Waals surface area (Å²) in [7, 11) is 0. The Morgan fingerprint density at radius 3 is 2.88 bits per heavy atom. The summed E-state index contributed by atoms with van der Waals surface area (Å²) < 4.78 is 18.9. The van der Waals surface area contributed by atoms with Crippen LogP contribution in [0.2, 0.25) is 0 Å². The van der Waals surface area contributed by atoms with Crippen LogP contribution >= 0.6 is 0 Å². The number of nitrogens with zero attached hydrogens (tertiary/aromatic N) is 3. The molecule has 1 saturated heterocycles. The lowest BCUT2D eigenvalue weighted by Crippen LogP contribution is -2.34. The van der Waals surface area contributed by atoms with Gasteiger partial charge in [-0.05, 0) is 62.7 Å². The van der Waals surface area contributed by atoms with Gasteiger partial charge in [-0.2, -0.15) is 0 Å². The Labute approximate surface area is 187 Å².